The van der Waals surface area contributed by atoms with Gasteiger partial charge in [0.1, 0.15) is 18.3 Å². The molecule has 1 heterocycles. The Bertz CT molecular complexity index is 395. The average Bonchev–Trinajstić information content (AvgIpc) is 2.50. The lowest BCUT2D eigenvalue weighted by atomic mass is 9.98. The molecule has 2 N–H and O–H groups in total. The van der Waals surface area contributed by atoms with Crippen LogP contribution in [0.1, 0.15) is 0 Å². The van der Waals surface area contributed by atoms with Crippen molar-refractivity contribution in [1.82, 2.24) is 0 Å². The van der Waals surface area contributed by atoms with Gasteiger partial charge < -0.3 is 29.2 Å². The van der Waals surface area contributed by atoms with Crippen molar-refractivity contribution in [2.24, 2.45) is 0 Å². The highest BCUT2D eigenvalue weighted by Gasteiger charge is 2.50. The van der Waals surface area contributed by atoms with Gasteiger partial charge in [0.05, 0.1) is 19.8 Å². The first-order chi connectivity index (χ1) is 10.6. The maximum absolute atomic E-state index is 11.3. The number of rotatable bonds is 10. The summed E-state index contributed by atoms with van der Waals surface area (Å²) >= 11 is 0. The zero-order valence-electron chi connectivity index (χ0n) is 12.3. The monoisotopic (exact) mass is 314 g/mol. The van der Waals surface area contributed by atoms with Crippen molar-refractivity contribution < 1.29 is 34.0 Å². The molecule has 1 rings (SSSR count). The Morgan fingerprint density at radius 2 is 1.41 bits per heavy atom. The molecular weight excluding hydrogens is 292 g/mol. The second-order valence-corrected chi connectivity index (χ2v) is 4.55. The molecule has 1 aliphatic heterocycles. The number of aliphatic hydroxyl groups excluding tert-OH is 1. The van der Waals surface area contributed by atoms with E-state index in [-0.39, 0.29) is 19.8 Å². The topological polar surface area (TPSA) is 94.5 Å². The molecule has 0 spiro atoms. The second kappa shape index (κ2) is 9.50. The van der Waals surface area contributed by atoms with Crippen LogP contribution in [0.15, 0.2) is 38.0 Å². The highest BCUT2D eigenvalue weighted by atomic mass is 16.7. The van der Waals surface area contributed by atoms with Crippen LogP contribution in [0.25, 0.3) is 0 Å². The molecule has 22 heavy (non-hydrogen) atoms. The van der Waals surface area contributed by atoms with Crippen molar-refractivity contribution in [3.05, 3.63) is 38.0 Å². The predicted octanol–water partition coefficient (Wildman–Crippen LogP) is 0.502. The fraction of sp³-hybridized carbons (Fsp3) is 0.533. The molecule has 0 saturated carbocycles. The van der Waals surface area contributed by atoms with Crippen LogP contribution in [-0.4, -0.2) is 66.7 Å². The summed E-state index contributed by atoms with van der Waals surface area (Å²) in [6.45, 7) is 11.0. The molecular formula is C15H22O7. The largest absolute Gasteiger partial charge is 0.479 e. The van der Waals surface area contributed by atoms with E-state index in [1.807, 2.05) is 0 Å². The number of hydrogen-bond donors (Lipinski definition) is 2. The smallest absolute Gasteiger partial charge is 0.335 e. The highest BCUT2D eigenvalue weighted by molar-refractivity contribution is 5.73. The van der Waals surface area contributed by atoms with Crippen LogP contribution < -0.4 is 0 Å². The Balaban J connectivity index is 3.01. The molecule has 1 unspecified atom stereocenters. The zero-order valence-corrected chi connectivity index (χ0v) is 12.3. The van der Waals surface area contributed by atoms with Gasteiger partial charge in [-0.15, -0.1) is 19.7 Å². The van der Waals surface area contributed by atoms with Crippen molar-refractivity contribution in [1.29, 1.82) is 0 Å². The number of carboxylic acids is 1. The van der Waals surface area contributed by atoms with Gasteiger partial charge in [0, 0.05) is 0 Å². The Labute approximate surface area is 129 Å². The van der Waals surface area contributed by atoms with Crippen LogP contribution in [0, 0.1) is 0 Å². The van der Waals surface area contributed by atoms with Gasteiger partial charge in [0.25, 0.3) is 0 Å². The molecule has 0 aliphatic carbocycles. The summed E-state index contributed by atoms with van der Waals surface area (Å²) in [6, 6.07) is 0. The molecule has 5 atom stereocenters. The fourth-order valence-corrected chi connectivity index (χ4v) is 2.11. The molecule has 0 amide bonds. The maximum atomic E-state index is 11.3. The van der Waals surface area contributed by atoms with Gasteiger partial charge in [-0.3, -0.25) is 0 Å². The van der Waals surface area contributed by atoms with Gasteiger partial charge in [-0.05, 0) is 0 Å². The lowest BCUT2D eigenvalue weighted by Gasteiger charge is -2.42. The molecule has 0 aromatic carbocycles. The Kier molecular flexibility index (Phi) is 8.00. The summed E-state index contributed by atoms with van der Waals surface area (Å²) in [5, 5.41) is 19.3. The molecule has 1 aliphatic rings. The van der Waals surface area contributed by atoms with E-state index in [9.17, 15) is 15.0 Å². The van der Waals surface area contributed by atoms with Crippen LogP contribution in [-0.2, 0) is 23.7 Å². The quantitative estimate of drug-likeness (QED) is 0.567. The molecule has 0 aromatic rings. The van der Waals surface area contributed by atoms with Gasteiger partial charge >= 0.3 is 5.97 Å². The molecule has 1 fully saturated rings. The summed E-state index contributed by atoms with van der Waals surface area (Å²) in [4.78, 5) is 11.3. The first-order valence-corrected chi connectivity index (χ1v) is 6.80. The molecule has 0 aromatic heterocycles. The van der Waals surface area contributed by atoms with Gasteiger partial charge in [0.15, 0.2) is 12.4 Å². The lowest BCUT2D eigenvalue weighted by Crippen LogP contribution is -2.62. The van der Waals surface area contributed by atoms with E-state index in [4.69, 9.17) is 18.9 Å². The fourth-order valence-electron chi connectivity index (χ4n) is 2.11. The molecule has 7 heteroatoms. The number of hydrogen-bond acceptors (Lipinski definition) is 6. The van der Waals surface area contributed by atoms with E-state index in [0.29, 0.717) is 0 Å². The standard InChI is InChI=1S/C15H22O7/c1-4-7-19-10-11(20-8-5-2)13(21-9-6-3)15(18)22-12(10)14(16)17/h4-6,10-13,15,18H,1-3,7-9H2,(H,16,17)/t10-,11-,12-,13+,15?/m0/s1. The van der Waals surface area contributed by atoms with Crippen LogP contribution in [0.5, 0.6) is 0 Å². The van der Waals surface area contributed by atoms with Gasteiger partial charge in [0.2, 0.25) is 0 Å². The SMILES string of the molecule is C=CCO[C@H]1[C@H](OCC=C)[C@@H](OCC=C)C(O)O[C@@H]1C(=O)O. The summed E-state index contributed by atoms with van der Waals surface area (Å²) in [5.41, 5.74) is 0. The summed E-state index contributed by atoms with van der Waals surface area (Å²) in [5.74, 6) is -1.26. The minimum Gasteiger partial charge on any atom is -0.479 e. The van der Waals surface area contributed by atoms with Crippen LogP contribution in [0.3, 0.4) is 0 Å². The molecule has 1 saturated heterocycles. The second-order valence-electron chi connectivity index (χ2n) is 4.55. The molecule has 124 valence electrons. The number of aliphatic carboxylic acids is 1. The minimum atomic E-state index is -1.46. The summed E-state index contributed by atoms with van der Waals surface area (Å²) in [6.07, 6.45) is -1.08. The first kappa shape index (κ1) is 18.5. The van der Waals surface area contributed by atoms with Crippen LogP contribution in [0.4, 0.5) is 0 Å². The van der Waals surface area contributed by atoms with Crippen molar-refractivity contribution >= 4 is 5.97 Å². The number of carboxylic acid groups (broad SMARTS) is 1. The summed E-state index contributed by atoms with van der Waals surface area (Å²) in [7, 11) is 0. The van der Waals surface area contributed by atoms with E-state index >= 15 is 0 Å². The summed E-state index contributed by atoms with van der Waals surface area (Å²) < 4.78 is 21.6. The minimum absolute atomic E-state index is 0.107. The van der Waals surface area contributed by atoms with E-state index in [1.54, 1.807) is 0 Å². The van der Waals surface area contributed by atoms with E-state index in [0.717, 1.165) is 0 Å². The van der Waals surface area contributed by atoms with Crippen LogP contribution >= 0.6 is 0 Å². The third kappa shape index (κ3) is 4.75. The maximum Gasteiger partial charge on any atom is 0.335 e. The molecule has 0 radical (unpaired) electrons. The van der Waals surface area contributed by atoms with Crippen molar-refractivity contribution in [2.75, 3.05) is 19.8 Å². The van der Waals surface area contributed by atoms with E-state index in [1.165, 1.54) is 18.2 Å². The molecule has 0 bridgehead atoms. The Hall–Kier alpha value is -1.51. The number of ether oxygens (including phenoxy) is 4. The van der Waals surface area contributed by atoms with E-state index in [2.05, 4.69) is 19.7 Å². The van der Waals surface area contributed by atoms with Crippen molar-refractivity contribution in [3.63, 3.8) is 0 Å². The van der Waals surface area contributed by atoms with Gasteiger partial charge in [-0.1, -0.05) is 18.2 Å². The Morgan fingerprint density at radius 3 is 1.86 bits per heavy atom. The normalized spacial score (nSPS) is 31.4. The van der Waals surface area contributed by atoms with Crippen molar-refractivity contribution in [2.45, 2.75) is 30.7 Å². The third-order valence-corrected chi connectivity index (χ3v) is 2.98. The van der Waals surface area contributed by atoms with Crippen LogP contribution in [0.2, 0.25) is 0 Å². The average molecular weight is 314 g/mol. The Morgan fingerprint density at radius 1 is 0.955 bits per heavy atom. The predicted molar refractivity (Wildman–Crippen MR) is 78.3 cm³/mol. The van der Waals surface area contributed by atoms with Gasteiger partial charge in [-0.2, -0.15) is 0 Å². The zero-order chi connectivity index (χ0) is 16.5. The first-order valence-electron chi connectivity index (χ1n) is 6.80. The lowest BCUT2D eigenvalue weighted by molar-refractivity contribution is -0.299. The highest BCUT2D eigenvalue weighted by Crippen LogP contribution is 2.27. The number of carbonyl (C=O) groups is 1. The number of aliphatic hydroxyl groups is 1. The third-order valence-electron chi connectivity index (χ3n) is 2.98. The molecule has 7 nitrogen and oxygen atoms in total. The van der Waals surface area contributed by atoms with Gasteiger partial charge in [-0.25, -0.2) is 4.79 Å². The van der Waals surface area contributed by atoms with E-state index < -0.39 is 36.7 Å². The van der Waals surface area contributed by atoms with Crippen molar-refractivity contribution in [3.8, 4) is 0 Å².